The molecule has 0 heterocycles. The summed E-state index contributed by atoms with van der Waals surface area (Å²) in [7, 11) is 0. The first-order valence-corrected chi connectivity index (χ1v) is 12.2. The minimum Gasteiger partial charge on any atom is -0.251 e. The Balaban J connectivity index is 1.43. The van der Waals surface area contributed by atoms with Crippen LogP contribution < -0.4 is 0 Å². The molecule has 0 nitrogen and oxygen atoms in total. The van der Waals surface area contributed by atoms with E-state index in [4.69, 9.17) is 0 Å². The Morgan fingerprint density at radius 1 is 0.800 bits per heavy atom. The largest absolute Gasteiger partial charge is 0.251 e. The summed E-state index contributed by atoms with van der Waals surface area (Å²) < 4.78 is 12.2. The van der Waals surface area contributed by atoms with E-state index < -0.39 is 0 Å². The van der Waals surface area contributed by atoms with Crippen LogP contribution in [0.25, 0.3) is 11.1 Å². The van der Waals surface area contributed by atoms with Crippen LogP contribution in [0.3, 0.4) is 0 Å². The molecule has 2 aromatic rings. The van der Waals surface area contributed by atoms with E-state index in [1.54, 1.807) is 0 Å². The average molecular weight is 407 g/mol. The lowest BCUT2D eigenvalue weighted by Crippen LogP contribution is -2.13. The van der Waals surface area contributed by atoms with Crippen molar-refractivity contribution < 1.29 is 4.39 Å². The summed E-state index contributed by atoms with van der Waals surface area (Å²) in [6.45, 7) is 2.03. The number of rotatable bonds is 11. The molecule has 1 fully saturated rings. The Hall–Kier alpha value is -1.89. The van der Waals surface area contributed by atoms with Crippen molar-refractivity contribution in [2.75, 3.05) is 6.67 Å². The Morgan fingerprint density at radius 2 is 1.40 bits per heavy atom. The minimum absolute atomic E-state index is 0.227. The Kier molecular flexibility index (Phi) is 9.67. The van der Waals surface area contributed by atoms with E-state index in [9.17, 15) is 4.39 Å². The highest BCUT2D eigenvalue weighted by molar-refractivity contribution is 5.64. The van der Waals surface area contributed by atoms with Crippen LogP contribution in [0.1, 0.15) is 75.8 Å². The van der Waals surface area contributed by atoms with Crippen molar-refractivity contribution in [2.24, 2.45) is 11.8 Å². The molecule has 0 amide bonds. The van der Waals surface area contributed by atoms with Gasteiger partial charge in [-0.2, -0.15) is 0 Å². The lowest BCUT2D eigenvalue weighted by Gasteiger charge is -2.26. The van der Waals surface area contributed by atoms with Crippen molar-refractivity contribution in [3.63, 3.8) is 0 Å². The third-order valence-corrected chi connectivity index (χ3v) is 6.73. The smallest absolute Gasteiger partial charge is 0.0928 e. The van der Waals surface area contributed by atoms with Crippen LogP contribution in [0.2, 0.25) is 0 Å². The zero-order valence-corrected chi connectivity index (χ0v) is 18.8. The van der Waals surface area contributed by atoms with E-state index >= 15 is 0 Å². The van der Waals surface area contributed by atoms with Gasteiger partial charge in [0.1, 0.15) is 0 Å². The molecule has 30 heavy (non-hydrogen) atoms. The standard InChI is InChI=1S/C29H39F/c1-2-3-4-7-25-15-19-28(20-16-25)29-21-17-27(18-22-29)14-13-26-11-9-24(10-12-26)8-5-6-23-30/h5,8,15-22,24,26H,2-4,6-7,9-14,23H2,1H3/b8-5+/t24-,26-. The van der Waals surface area contributed by atoms with E-state index in [1.807, 2.05) is 6.08 Å². The molecular formula is C29H39F. The van der Waals surface area contributed by atoms with Gasteiger partial charge < -0.3 is 0 Å². The molecule has 3 rings (SSSR count). The van der Waals surface area contributed by atoms with Gasteiger partial charge in [0, 0.05) is 0 Å². The molecule has 1 saturated carbocycles. The van der Waals surface area contributed by atoms with Gasteiger partial charge in [-0.1, -0.05) is 80.4 Å². The van der Waals surface area contributed by atoms with E-state index in [2.05, 4.69) is 61.5 Å². The Labute approximate surface area is 183 Å². The van der Waals surface area contributed by atoms with Crippen molar-refractivity contribution in [3.05, 3.63) is 71.8 Å². The maximum absolute atomic E-state index is 12.2. The molecule has 0 aliphatic heterocycles. The van der Waals surface area contributed by atoms with Crippen molar-refractivity contribution in [1.82, 2.24) is 0 Å². The zero-order chi connectivity index (χ0) is 21.0. The summed E-state index contributed by atoms with van der Waals surface area (Å²) in [6, 6.07) is 18.3. The fourth-order valence-electron chi connectivity index (χ4n) is 4.70. The van der Waals surface area contributed by atoms with Crippen LogP contribution in [-0.4, -0.2) is 6.67 Å². The Morgan fingerprint density at radius 3 is 1.97 bits per heavy atom. The van der Waals surface area contributed by atoms with Gasteiger partial charge in [0.15, 0.2) is 0 Å². The van der Waals surface area contributed by atoms with E-state index in [0.29, 0.717) is 12.3 Å². The molecule has 1 aliphatic carbocycles. The predicted octanol–water partition coefficient (Wildman–Crippen LogP) is 8.74. The van der Waals surface area contributed by atoms with Gasteiger partial charge in [-0.25, -0.2) is 0 Å². The molecule has 0 aromatic heterocycles. The molecule has 1 aliphatic rings. The number of benzene rings is 2. The van der Waals surface area contributed by atoms with Crippen LogP contribution in [-0.2, 0) is 12.8 Å². The monoisotopic (exact) mass is 406 g/mol. The van der Waals surface area contributed by atoms with Crippen LogP contribution in [0, 0.1) is 11.8 Å². The molecular weight excluding hydrogens is 367 g/mol. The van der Waals surface area contributed by atoms with Crippen LogP contribution >= 0.6 is 0 Å². The molecule has 0 bridgehead atoms. The van der Waals surface area contributed by atoms with Gasteiger partial charge in [-0.15, -0.1) is 0 Å². The second-order valence-electron chi connectivity index (χ2n) is 9.08. The van der Waals surface area contributed by atoms with Crippen molar-refractivity contribution in [2.45, 2.75) is 77.6 Å². The second-order valence-corrected chi connectivity index (χ2v) is 9.08. The second kappa shape index (κ2) is 12.7. The molecule has 1 heteroatoms. The van der Waals surface area contributed by atoms with Gasteiger partial charge in [0.25, 0.3) is 0 Å². The first kappa shape index (κ1) is 22.8. The quantitative estimate of drug-likeness (QED) is 0.258. The number of halogens is 1. The van der Waals surface area contributed by atoms with Gasteiger partial charge >= 0.3 is 0 Å². The van der Waals surface area contributed by atoms with E-state index in [1.165, 1.54) is 86.5 Å². The number of allylic oxidation sites excluding steroid dienone is 2. The van der Waals surface area contributed by atoms with Gasteiger partial charge in [-0.05, 0) is 91.9 Å². The third-order valence-electron chi connectivity index (χ3n) is 6.73. The van der Waals surface area contributed by atoms with Crippen molar-refractivity contribution >= 4 is 0 Å². The molecule has 0 atom stereocenters. The minimum atomic E-state index is -0.227. The van der Waals surface area contributed by atoms with Crippen molar-refractivity contribution in [1.29, 1.82) is 0 Å². The van der Waals surface area contributed by atoms with E-state index in [0.717, 1.165) is 5.92 Å². The molecule has 0 saturated heterocycles. The Bertz CT molecular complexity index is 733. The maximum Gasteiger partial charge on any atom is 0.0928 e. The fourth-order valence-corrected chi connectivity index (χ4v) is 4.70. The first-order valence-electron chi connectivity index (χ1n) is 12.2. The SMILES string of the molecule is CCCCCc1ccc(-c2ccc(CC[C@H]3CC[C@H](/C=C/CCF)CC3)cc2)cc1. The molecule has 0 spiro atoms. The molecule has 2 aromatic carbocycles. The lowest BCUT2D eigenvalue weighted by atomic mass is 9.79. The van der Waals surface area contributed by atoms with Gasteiger partial charge in [0.2, 0.25) is 0 Å². The lowest BCUT2D eigenvalue weighted by molar-refractivity contribution is 0.296. The number of hydrogen-bond donors (Lipinski definition) is 0. The van der Waals surface area contributed by atoms with Crippen molar-refractivity contribution in [3.8, 4) is 11.1 Å². The zero-order valence-electron chi connectivity index (χ0n) is 18.8. The molecule has 0 unspecified atom stereocenters. The highest BCUT2D eigenvalue weighted by Crippen LogP contribution is 2.32. The normalized spacial score (nSPS) is 19.4. The summed E-state index contributed by atoms with van der Waals surface area (Å²) in [5.74, 6) is 1.54. The third kappa shape index (κ3) is 7.42. The number of aryl methyl sites for hydroxylation is 2. The first-order chi connectivity index (χ1) is 14.8. The van der Waals surface area contributed by atoms with E-state index in [-0.39, 0.29) is 6.67 Å². The topological polar surface area (TPSA) is 0 Å². The summed E-state index contributed by atoms with van der Waals surface area (Å²) in [6.07, 6.45) is 17.7. The molecule has 0 N–H and O–H groups in total. The highest BCUT2D eigenvalue weighted by atomic mass is 19.1. The number of unbranched alkanes of at least 4 members (excludes halogenated alkanes) is 2. The highest BCUT2D eigenvalue weighted by Gasteiger charge is 2.19. The maximum atomic E-state index is 12.2. The van der Waals surface area contributed by atoms with Crippen LogP contribution in [0.15, 0.2) is 60.7 Å². The molecule has 162 valence electrons. The number of hydrogen-bond acceptors (Lipinski definition) is 0. The number of alkyl halides is 1. The summed E-state index contributed by atoms with van der Waals surface area (Å²) in [5.41, 5.74) is 5.55. The summed E-state index contributed by atoms with van der Waals surface area (Å²) in [4.78, 5) is 0. The summed E-state index contributed by atoms with van der Waals surface area (Å²) in [5, 5.41) is 0. The van der Waals surface area contributed by atoms with Crippen LogP contribution in [0.5, 0.6) is 0 Å². The average Bonchev–Trinajstić information content (AvgIpc) is 2.80. The van der Waals surface area contributed by atoms with Gasteiger partial charge in [-0.3, -0.25) is 4.39 Å². The molecule has 0 radical (unpaired) electrons. The fraction of sp³-hybridized carbons (Fsp3) is 0.517. The summed E-state index contributed by atoms with van der Waals surface area (Å²) >= 11 is 0. The predicted molar refractivity (Wildman–Crippen MR) is 129 cm³/mol. The van der Waals surface area contributed by atoms with Crippen LogP contribution in [0.4, 0.5) is 4.39 Å². The van der Waals surface area contributed by atoms with Gasteiger partial charge in [0.05, 0.1) is 6.67 Å².